The Hall–Kier alpha value is -2.05. The number of carbonyl (C=O) groups is 2. The van der Waals surface area contributed by atoms with E-state index in [4.69, 9.17) is 21.1 Å². The van der Waals surface area contributed by atoms with Crippen molar-refractivity contribution in [3.8, 4) is 5.75 Å². The molecule has 1 amide bonds. The lowest BCUT2D eigenvalue weighted by Crippen LogP contribution is -2.31. The van der Waals surface area contributed by atoms with Gasteiger partial charge in [0.2, 0.25) is 0 Å². The van der Waals surface area contributed by atoms with Crippen LogP contribution in [0.15, 0.2) is 29.6 Å². The van der Waals surface area contributed by atoms with Gasteiger partial charge in [-0.25, -0.2) is 4.79 Å². The number of carbonyl (C=O) groups excluding carboxylic acids is 2. The molecule has 0 aliphatic heterocycles. The number of esters is 1. The summed E-state index contributed by atoms with van der Waals surface area (Å²) in [4.78, 5) is 24.6. The SMILES string of the molecule is Cc1cc(Cl)cc(C)c1OCC(=O)OCC(=O)NCCc1cccs1. The van der Waals surface area contributed by atoms with Crippen molar-refractivity contribution in [2.75, 3.05) is 19.8 Å². The fourth-order valence-electron chi connectivity index (χ4n) is 2.27. The highest BCUT2D eigenvalue weighted by atomic mass is 35.5. The summed E-state index contributed by atoms with van der Waals surface area (Å²) in [5, 5.41) is 5.31. The van der Waals surface area contributed by atoms with E-state index in [0.717, 1.165) is 17.5 Å². The standard InChI is InChI=1S/C18H20ClNO4S/c1-12-8-14(19)9-13(2)18(12)24-11-17(22)23-10-16(21)20-6-5-15-4-3-7-25-15/h3-4,7-9H,5-6,10-11H2,1-2H3,(H,20,21). The normalized spacial score (nSPS) is 10.4. The van der Waals surface area contributed by atoms with Gasteiger partial charge in [0.15, 0.2) is 13.2 Å². The predicted molar refractivity (Wildman–Crippen MR) is 98.4 cm³/mol. The van der Waals surface area contributed by atoms with Gasteiger partial charge in [-0.1, -0.05) is 17.7 Å². The summed E-state index contributed by atoms with van der Waals surface area (Å²) in [5.74, 6) is -0.326. The van der Waals surface area contributed by atoms with Gasteiger partial charge in [-0.05, 0) is 55.0 Å². The molecule has 1 aromatic heterocycles. The van der Waals surface area contributed by atoms with Crippen LogP contribution in [0.5, 0.6) is 5.75 Å². The van der Waals surface area contributed by atoms with Crippen molar-refractivity contribution in [2.24, 2.45) is 0 Å². The molecule has 0 aliphatic rings. The molecule has 2 rings (SSSR count). The van der Waals surface area contributed by atoms with Crippen LogP contribution >= 0.6 is 22.9 Å². The Morgan fingerprint density at radius 3 is 2.56 bits per heavy atom. The molecule has 0 saturated carbocycles. The number of amides is 1. The molecule has 0 fully saturated rings. The molecule has 0 radical (unpaired) electrons. The number of thiophene rings is 1. The Morgan fingerprint density at radius 2 is 1.92 bits per heavy atom. The Bertz CT molecular complexity index is 708. The van der Waals surface area contributed by atoms with Gasteiger partial charge in [-0.15, -0.1) is 11.3 Å². The van der Waals surface area contributed by atoms with Crippen molar-refractivity contribution in [1.82, 2.24) is 5.32 Å². The van der Waals surface area contributed by atoms with Crippen molar-refractivity contribution in [2.45, 2.75) is 20.3 Å². The van der Waals surface area contributed by atoms with Crippen LogP contribution in [0.4, 0.5) is 0 Å². The molecule has 0 bridgehead atoms. The quantitative estimate of drug-likeness (QED) is 0.712. The second kappa shape index (κ2) is 9.44. The van der Waals surface area contributed by atoms with Crippen LogP contribution in [0.2, 0.25) is 5.02 Å². The molecule has 25 heavy (non-hydrogen) atoms. The van der Waals surface area contributed by atoms with Gasteiger partial charge in [0.25, 0.3) is 5.91 Å². The molecule has 0 unspecified atom stereocenters. The third kappa shape index (κ3) is 6.40. The summed E-state index contributed by atoms with van der Waals surface area (Å²) < 4.78 is 10.4. The van der Waals surface area contributed by atoms with E-state index < -0.39 is 5.97 Å². The van der Waals surface area contributed by atoms with E-state index in [1.807, 2.05) is 31.4 Å². The summed E-state index contributed by atoms with van der Waals surface area (Å²) in [6, 6.07) is 7.50. The van der Waals surface area contributed by atoms with Crippen LogP contribution in [-0.4, -0.2) is 31.6 Å². The monoisotopic (exact) mass is 381 g/mol. The summed E-state index contributed by atoms with van der Waals surface area (Å²) in [5.41, 5.74) is 1.67. The van der Waals surface area contributed by atoms with Crippen molar-refractivity contribution in [1.29, 1.82) is 0 Å². The number of nitrogens with one attached hydrogen (secondary N) is 1. The van der Waals surface area contributed by atoms with E-state index >= 15 is 0 Å². The molecule has 2 aromatic rings. The zero-order chi connectivity index (χ0) is 18.2. The zero-order valence-corrected chi connectivity index (χ0v) is 15.7. The number of rotatable bonds is 8. The molecular formula is C18H20ClNO4S. The van der Waals surface area contributed by atoms with E-state index in [9.17, 15) is 9.59 Å². The summed E-state index contributed by atoms with van der Waals surface area (Å²) in [7, 11) is 0. The summed E-state index contributed by atoms with van der Waals surface area (Å²) in [6.07, 6.45) is 0.760. The Labute approximate surface area is 155 Å². The average Bonchev–Trinajstić information content (AvgIpc) is 3.05. The molecule has 1 heterocycles. The first-order valence-electron chi connectivity index (χ1n) is 7.80. The minimum atomic E-state index is -0.595. The molecule has 134 valence electrons. The lowest BCUT2D eigenvalue weighted by molar-refractivity contribution is -0.150. The van der Waals surface area contributed by atoms with Gasteiger partial charge in [-0.2, -0.15) is 0 Å². The van der Waals surface area contributed by atoms with Gasteiger partial charge in [0.1, 0.15) is 5.75 Å². The molecule has 0 saturated heterocycles. The molecule has 0 atom stereocenters. The van der Waals surface area contributed by atoms with Crippen LogP contribution in [0.25, 0.3) is 0 Å². The number of ether oxygens (including phenoxy) is 2. The zero-order valence-electron chi connectivity index (χ0n) is 14.1. The van der Waals surface area contributed by atoms with Crippen LogP contribution < -0.4 is 10.1 Å². The minimum absolute atomic E-state index is 0.258. The first kappa shape index (κ1) is 19.3. The maximum absolute atomic E-state index is 11.7. The third-order valence-corrected chi connectivity index (χ3v) is 4.55. The number of benzene rings is 1. The van der Waals surface area contributed by atoms with Gasteiger partial charge < -0.3 is 14.8 Å². The highest BCUT2D eigenvalue weighted by Gasteiger charge is 2.11. The largest absolute Gasteiger partial charge is 0.481 e. The summed E-state index contributed by atoms with van der Waals surface area (Å²) in [6.45, 7) is 3.63. The first-order chi connectivity index (χ1) is 12.0. The lowest BCUT2D eigenvalue weighted by atomic mass is 10.1. The van der Waals surface area contributed by atoms with Crippen molar-refractivity contribution < 1.29 is 19.1 Å². The predicted octanol–water partition coefficient (Wildman–Crippen LogP) is 3.30. The smallest absolute Gasteiger partial charge is 0.344 e. The van der Waals surface area contributed by atoms with Crippen molar-refractivity contribution in [3.63, 3.8) is 0 Å². The van der Waals surface area contributed by atoms with Crippen molar-refractivity contribution in [3.05, 3.63) is 50.7 Å². The maximum atomic E-state index is 11.7. The summed E-state index contributed by atoms with van der Waals surface area (Å²) >= 11 is 7.59. The van der Waals surface area contributed by atoms with E-state index in [2.05, 4.69) is 5.32 Å². The molecule has 1 N–H and O–H groups in total. The van der Waals surface area contributed by atoms with Gasteiger partial charge in [0.05, 0.1) is 0 Å². The fourth-order valence-corrected chi connectivity index (χ4v) is 3.31. The molecule has 0 spiro atoms. The number of halogens is 1. The third-order valence-electron chi connectivity index (χ3n) is 3.40. The topological polar surface area (TPSA) is 64.6 Å². The Kier molecular flexibility index (Phi) is 7.28. The molecule has 0 aliphatic carbocycles. The van der Waals surface area contributed by atoms with Crippen LogP contribution in [0.3, 0.4) is 0 Å². The second-order valence-corrected chi connectivity index (χ2v) is 6.97. The van der Waals surface area contributed by atoms with E-state index in [0.29, 0.717) is 17.3 Å². The van der Waals surface area contributed by atoms with E-state index in [1.165, 1.54) is 4.88 Å². The Morgan fingerprint density at radius 1 is 1.20 bits per heavy atom. The molecule has 7 heteroatoms. The number of aryl methyl sites for hydroxylation is 2. The van der Waals surface area contributed by atoms with Crippen LogP contribution in [0.1, 0.15) is 16.0 Å². The highest BCUT2D eigenvalue weighted by molar-refractivity contribution is 7.09. The number of hydrogen-bond donors (Lipinski definition) is 1. The molecule has 5 nitrogen and oxygen atoms in total. The number of hydrogen-bond acceptors (Lipinski definition) is 5. The van der Waals surface area contributed by atoms with Crippen LogP contribution in [-0.2, 0) is 20.7 Å². The van der Waals surface area contributed by atoms with Gasteiger partial charge in [-0.3, -0.25) is 4.79 Å². The van der Waals surface area contributed by atoms with Crippen molar-refractivity contribution >= 4 is 34.8 Å². The fraction of sp³-hybridized carbons (Fsp3) is 0.333. The Balaban J connectivity index is 1.67. The lowest BCUT2D eigenvalue weighted by Gasteiger charge is -2.12. The van der Waals surface area contributed by atoms with E-state index in [-0.39, 0.29) is 19.1 Å². The average molecular weight is 382 g/mol. The molecule has 1 aromatic carbocycles. The highest BCUT2D eigenvalue weighted by Crippen LogP contribution is 2.26. The second-order valence-electron chi connectivity index (χ2n) is 5.50. The minimum Gasteiger partial charge on any atom is -0.481 e. The van der Waals surface area contributed by atoms with E-state index in [1.54, 1.807) is 23.5 Å². The van der Waals surface area contributed by atoms with Crippen LogP contribution in [0, 0.1) is 13.8 Å². The maximum Gasteiger partial charge on any atom is 0.344 e. The van der Waals surface area contributed by atoms with Gasteiger partial charge in [0, 0.05) is 16.4 Å². The molecular weight excluding hydrogens is 362 g/mol. The van der Waals surface area contributed by atoms with Gasteiger partial charge >= 0.3 is 5.97 Å². The first-order valence-corrected chi connectivity index (χ1v) is 9.05.